The minimum Gasteiger partial charge on any atom is -0.508 e. The number of hydrogen-bond donors (Lipinski definition) is 2. The molecule has 0 saturated heterocycles. The second-order valence-electron chi connectivity index (χ2n) is 4.32. The lowest BCUT2D eigenvalue weighted by atomic mass is 10.1. The van der Waals surface area contributed by atoms with Gasteiger partial charge in [-0.15, -0.1) is 0 Å². The fourth-order valence-corrected chi connectivity index (χ4v) is 1.92. The van der Waals surface area contributed by atoms with Crippen molar-refractivity contribution in [2.75, 3.05) is 0 Å². The Morgan fingerprint density at radius 3 is 2.12 bits per heavy atom. The number of benzene rings is 1. The van der Waals surface area contributed by atoms with Crippen molar-refractivity contribution in [2.45, 2.75) is 52.1 Å². The molecule has 0 aliphatic carbocycles. The van der Waals surface area contributed by atoms with E-state index in [-0.39, 0.29) is 0 Å². The molecule has 1 rings (SSSR count). The number of hydrogen-bond acceptors (Lipinski definition) is 2. The van der Waals surface area contributed by atoms with Gasteiger partial charge in [-0.25, -0.2) is 0 Å². The normalized spacial score (nSPS) is 10.9. The molecule has 90 valence electrons. The lowest BCUT2D eigenvalue weighted by molar-refractivity contribution is 0.442. The first-order valence-electron chi connectivity index (χ1n) is 6.27. The minimum atomic E-state index is 0.336. The van der Waals surface area contributed by atoms with E-state index in [0.29, 0.717) is 11.8 Å². The smallest absolute Gasteiger partial charge is 0.115 e. The number of phenolic OH excluding ortho intramolecular Hbond substituents is 1. The van der Waals surface area contributed by atoms with E-state index in [1.165, 1.54) is 31.2 Å². The van der Waals surface area contributed by atoms with Gasteiger partial charge in [0.1, 0.15) is 5.75 Å². The van der Waals surface area contributed by atoms with Crippen LogP contribution in [0.4, 0.5) is 0 Å². The van der Waals surface area contributed by atoms with Gasteiger partial charge >= 0.3 is 0 Å². The van der Waals surface area contributed by atoms with Crippen LogP contribution in [0.2, 0.25) is 0 Å². The van der Waals surface area contributed by atoms with E-state index >= 15 is 0 Å². The van der Waals surface area contributed by atoms with E-state index in [4.69, 9.17) is 0 Å². The number of phenols is 1. The molecule has 0 radical (unpaired) electrons. The second kappa shape index (κ2) is 7.29. The summed E-state index contributed by atoms with van der Waals surface area (Å²) in [5.74, 6) is 0.336. The average Bonchev–Trinajstić information content (AvgIpc) is 2.29. The first kappa shape index (κ1) is 13.0. The molecule has 2 heteroatoms. The van der Waals surface area contributed by atoms with Crippen LogP contribution in [0, 0.1) is 0 Å². The monoisotopic (exact) mass is 221 g/mol. The lowest BCUT2D eigenvalue weighted by Crippen LogP contribution is -2.28. The molecule has 2 nitrogen and oxygen atoms in total. The van der Waals surface area contributed by atoms with E-state index in [2.05, 4.69) is 19.2 Å². The van der Waals surface area contributed by atoms with Gasteiger partial charge in [-0.1, -0.05) is 38.8 Å². The van der Waals surface area contributed by atoms with Crippen LogP contribution in [-0.4, -0.2) is 11.1 Å². The van der Waals surface area contributed by atoms with Crippen LogP contribution in [-0.2, 0) is 6.54 Å². The lowest BCUT2D eigenvalue weighted by Gasteiger charge is -2.17. The van der Waals surface area contributed by atoms with Crippen molar-refractivity contribution in [3.63, 3.8) is 0 Å². The molecule has 0 unspecified atom stereocenters. The fraction of sp³-hybridized carbons (Fsp3) is 0.571. The molecular weight excluding hydrogens is 198 g/mol. The van der Waals surface area contributed by atoms with Crippen LogP contribution in [0.25, 0.3) is 0 Å². The van der Waals surface area contributed by atoms with E-state index in [1.54, 1.807) is 12.1 Å². The summed E-state index contributed by atoms with van der Waals surface area (Å²) in [6.07, 6.45) is 4.94. The summed E-state index contributed by atoms with van der Waals surface area (Å²) in [5.41, 5.74) is 1.23. The highest BCUT2D eigenvalue weighted by Gasteiger charge is 2.05. The summed E-state index contributed by atoms with van der Waals surface area (Å²) >= 11 is 0. The van der Waals surface area contributed by atoms with Gasteiger partial charge < -0.3 is 10.4 Å². The molecule has 0 atom stereocenters. The van der Waals surface area contributed by atoms with Gasteiger partial charge in [-0.05, 0) is 30.5 Å². The van der Waals surface area contributed by atoms with Crippen molar-refractivity contribution in [2.24, 2.45) is 0 Å². The maximum atomic E-state index is 9.18. The highest BCUT2D eigenvalue weighted by Crippen LogP contribution is 2.11. The van der Waals surface area contributed by atoms with Crippen molar-refractivity contribution in [1.29, 1.82) is 0 Å². The van der Waals surface area contributed by atoms with Crippen molar-refractivity contribution in [3.8, 4) is 5.75 Å². The summed E-state index contributed by atoms with van der Waals surface area (Å²) in [7, 11) is 0. The average molecular weight is 221 g/mol. The third-order valence-electron chi connectivity index (χ3n) is 2.81. The Bertz CT molecular complexity index is 275. The zero-order valence-corrected chi connectivity index (χ0v) is 10.4. The SMILES string of the molecule is CCCC(CCC)NCc1ccc(O)cc1. The largest absolute Gasteiger partial charge is 0.508 e. The van der Waals surface area contributed by atoms with Crippen molar-refractivity contribution < 1.29 is 5.11 Å². The van der Waals surface area contributed by atoms with Crippen molar-refractivity contribution in [3.05, 3.63) is 29.8 Å². The maximum Gasteiger partial charge on any atom is 0.115 e. The Morgan fingerprint density at radius 2 is 1.62 bits per heavy atom. The van der Waals surface area contributed by atoms with E-state index < -0.39 is 0 Å². The summed E-state index contributed by atoms with van der Waals surface area (Å²) in [4.78, 5) is 0. The molecule has 2 N–H and O–H groups in total. The summed E-state index contributed by atoms with van der Waals surface area (Å²) in [5, 5.41) is 12.8. The third-order valence-corrected chi connectivity index (χ3v) is 2.81. The first-order chi connectivity index (χ1) is 7.76. The number of nitrogens with one attached hydrogen (secondary N) is 1. The van der Waals surface area contributed by atoms with Gasteiger partial charge in [0.25, 0.3) is 0 Å². The second-order valence-corrected chi connectivity index (χ2v) is 4.32. The maximum absolute atomic E-state index is 9.18. The molecule has 0 saturated carbocycles. The molecule has 0 heterocycles. The van der Waals surface area contributed by atoms with Gasteiger partial charge in [0.05, 0.1) is 0 Å². The Hall–Kier alpha value is -1.02. The van der Waals surface area contributed by atoms with Crippen LogP contribution < -0.4 is 5.32 Å². The molecule has 0 aliphatic heterocycles. The molecule has 0 spiro atoms. The van der Waals surface area contributed by atoms with Gasteiger partial charge in [-0.3, -0.25) is 0 Å². The topological polar surface area (TPSA) is 32.3 Å². The Labute approximate surface area is 98.7 Å². The first-order valence-corrected chi connectivity index (χ1v) is 6.27. The molecule has 0 bridgehead atoms. The van der Waals surface area contributed by atoms with Crippen LogP contribution in [0.1, 0.15) is 45.1 Å². The van der Waals surface area contributed by atoms with Crippen LogP contribution in [0.5, 0.6) is 5.75 Å². The highest BCUT2D eigenvalue weighted by atomic mass is 16.3. The van der Waals surface area contributed by atoms with Gasteiger partial charge in [0.2, 0.25) is 0 Å². The molecule has 0 fully saturated rings. The van der Waals surface area contributed by atoms with Crippen molar-refractivity contribution >= 4 is 0 Å². The molecular formula is C14H23NO. The van der Waals surface area contributed by atoms with Crippen molar-refractivity contribution in [1.82, 2.24) is 5.32 Å². The van der Waals surface area contributed by atoms with Gasteiger partial charge in [-0.2, -0.15) is 0 Å². The van der Waals surface area contributed by atoms with Gasteiger partial charge in [0.15, 0.2) is 0 Å². The Kier molecular flexibility index (Phi) is 5.94. The third kappa shape index (κ3) is 4.67. The zero-order chi connectivity index (χ0) is 11.8. The summed E-state index contributed by atoms with van der Waals surface area (Å²) in [6.45, 7) is 5.35. The quantitative estimate of drug-likeness (QED) is 0.739. The summed E-state index contributed by atoms with van der Waals surface area (Å²) in [6, 6.07) is 8.05. The van der Waals surface area contributed by atoms with E-state index in [1.807, 2.05) is 12.1 Å². The number of rotatable bonds is 7. The van der Waals surface area contributed by atoms with E-state index in [0.717, 1.165) is 6.54 Å². The Balaban J connectivity index is 2.38. The highest BCUT2D eigenvalue weighted by molar-refractivity contribution is 5.25. The summed E-state index contributed by atoms with van der Waals surface area (Å²) < 4.78 is 0. The van der Waals surface area contributed by atoms with Crippen LogP contribution >= 0.6 is 0 Å². The predicted molar refractivity (Wildman–Crippen MR) is 68.6 cm³/mol. The number of aromatic hydroxyl groups is 1. The molecule has 0 amide bonds. The fourth-order valence-electron chi connectivity index (χ4n) is 1.92. The van der Waals surface area contributed by atoms with Crippen LogP contribution in [0.15, 0.2) is 24.3 Å². The molecule has 16 heavy (non-hydrogen) atoms. The zero-order valence-electron chi connectivity index (χ0n) is 10.4. The molecule has 1 aromatic carbocycles. The van der Waals surface area contributed by atoms with Crippen LogP contribution in [0.3, 0.4) is 0 Å². The molecule has 1 aromatic rings. The minimum absolute atomic E-state index is 0.336. The van der Waals surface area contributed by atoms with E-state index in [9.17, 15) is 5.11 Å². The Morgan fingerprint density at radius 1 is 1.06 bits per heavy atom. The standard InChI is InChI=1S/C14H23NO/c1-3-5-13(6-4-2)15-11-12-7-9-14(16)10-8-12/h7-10,13,15-16H,3-6,11H2,1-2H3. The molecule has 0 aromatic heterocycles. The van der Waals surface area contributed by atoms with Gasteiger partial charge in [0, 0.05) is 12.6 Å². The predicted octanol–water partition coefficient (Wildman–Crippen LogP) is 3.45. The molecule has 0 aliphatic rings.